The zero-order valence-corrected chi connectivity index (χ0v) is 20.9. The molecule has 0 aliphatic carbocycles. The van der Waals surface area contributed by atoms with Crippen molar-refractivity contribution >= 4 is 33.2 Å². The molecule has 3 aromatic carbocycles. The van der Waals surface area contributed by atoms with Crippen LogP contribution >= 0.6 is 11.6 Å². The van der Waals surface area contributed by atoms with Gasteiger partial charge < -0.3 is 9.80 Å². The van der Waals surface area contributed by atoms with Crippen LogP contribution in [0, 0.1) is 0 Å². The molecule has 3 aromatic rings. The third-order valence-corrected chi connectivity index (χ3v) is 8.62. The van der Waals surface area contributed by atoms with Crippen LogP contribution in [0.25, 0.3) is 0 Å². The molecule has 0 bridgehead atoms. The average molecular weight is 510 g/mol. The number of anilines is 1. The third-order valence-electron chi connectivity index (χ3n) is 6.83. The standard InChI is InChI=1S/C27H28ClN3O3S/c28-22-9-11-24(12-10-22)35(33,34)29-23-14-17-30(18-15-23)26-8-4-3-7-25(26)27(32)31-16-13-20-5-1-2-6-21(20)19-31/h1-12,23,29H,13-19H2. The number of rotatable bonds is 5. The van der Waals surface area contributed by atoms with E-state index in [-0.39, 0.29) is 16.8 Å². The lowest BCUT2D eigenvalue weighted by molar-refractivity contribution is 0.0735. The van der Waals surface area contributed by atoms with Gasteiger partial charge in [0.25, 0.3) is 5.91 Å². The Morgan fingerprint density at radius 2 is 1.51 bits per heavy atom. The molecule has 1 fully saturated rings. The molecule has 5 rings (SSSR count). The van der Waals surface area contributed by atoms with Crippen LogP contribution in [0.4, 0.5) is 5.69 Å². The van der Waals surface area contributed by atoms with Crippen LogP contribution in [0.2, 0.25) is 5.02 Å². The zero-order valence-electron chi connectivity index (χ0n) is 19.4. The third kappa shape index (κ3) is 5.22. The van der Waals surface area contributed by atoms with Crippen LogP contribution in [0.15, 0.2) is 77.7 Å². The number of hydrogen-bond acceptors (Lipinski definition) is 4. The number of sulfonamides is 1. The summed E-state index contributed by atoms with van der Waals surface area (Å²) in [6.45, 7) is 2.67. The normalized spacial score (nSPS) is 16.7. The van der Waals surface area contributed by atoms with Gasteiger partial charge in [0.2, 0.25) is 10.0 Å². The maximum atomic E-state index is 13.5. The number of nitrogens with one attached hydrogen (secondary N) is 1. The minimum atomic E-state index is -3.61. The monoisotopic (exact) mass is 509 g/mol. The average Bonchev–Trinajstić information content (AvgIpc) is 2.88. The second kappa shape index (κ2) is 10.0. The molecule has 1 amide bonds. The van der Waals surface area contributed by atoms with Crippen molar-refractivity contribution in [2.24, 2.45) is 0 Å². The Morgan fingerprint density at radius 3 is 2.26 bits per heavy atom. The Kier molecular flexibility index (Phi) is 6.82. The summed E-state index contributed by atoms with van der Waals surface area (Å²) in [4.78, 5) is 17.8. The molecule has 2 aliphatic heterocycles. The molecule has 0 atom stereocenters. The number of piperidine rings is 1. The predicted molar refractivity (Wildman–Crippen MR) is 138 cm³/mol. The summed E-state index contributed by atoms with van der Waals surface area (Å²) in [6.07, 6.45) is 2.18. The molecule has 2 heterocycles. The van der Waals surface area contributed by atoms with Crippen molar-refractivity contribution in [3.05, 3.63) is 94.5 Å². The summed E-state index contributed by atoms with van der Waals surface area (Å²) in [5, 5.41) is 0.499. The molecule has 8 heteroatoms. The number of benzene rings is 3. The smallest absolute Gasteiger partial charge is 0.256 e. The molecule has 0 unspecified atom stereocenters. The van der Waals surface area contributed by atoms with Crippen LogP contribution in [-0.4, -0.2) is 44.9 Å². The fourth-order valence-corrected chi connectivity index (χ4v) is 6.34. The molecular weight excluding hydrogens is 482 g/mol. The minimum Gasteiger partial charge on any atom is -0.371 e. The lowest BCUT2D eigenvalue weighted by Crippen LogP contribution is -2.45. The van der Waals surface area contributed by atoms with Crippen LogP contribution in [-0.2, 0) is 23.0 Å². The summed E-state index contributed by atoms with van der Waals surface area (Å²) in [5.41, 5.74) is 4.13. The van der Waals surface area contributed by atoms with Gasteiger partial charge in [-0.05, 0) is 66.8 Å². The van der Waals surface area contributed by atoms with Crippen LogP contribution < -0.4 is 9.62 Å². The number of carbonyl (C=O) groups is 1. The van der Waals surface area contributed by atoms with Crippen molar-refractivity contribution in [2.75, 3.05) is 24.5 Å². The molecule has 0 radical (unpaired) electrons. The maximum Gasteiger partial charge on any atom is 0.256 e. The van der Waals surface area contributed by atoms with E-state index in [2.05, 4.69) is 21.8 Å². The Bertz CT molecular complexity index is 1320. The first kappa shape index (κ1) is 23.9. The summed E-state index contributed by atoms with van der Waals surface area (Å²) in [6, 6.07) is 22.1. The van der Waals surface area contributed by atoms with Crippen LogP contribution in [0.5, 0.6) is 0 Å². The van der Waals surface area contributed by atoms with Gasteiger partial charge in [0.1, 0.15) is 0 Å². The second-order valence-electron chi connectivity index (χ2n) is 9.10. The van der Waals surface area contributed by atoms with Gasteiger partial charge in [-0.15, -0.1) is 0 Å². The van der Waals surface area contributed by atoms with Gasteiger partial charge in [-0.3, -0.25) is 4.79 Å². The molecule has 182 valence electrons. The number of carbonyl (C=O) groups excluding carboxylic acids is 1. The van der Waals surface area contributed by atoms with Crippen LogP contribution in [0.1, 0.15) is 34.3 Å². The van der Waals surface area contributed by atoms with Crippen molar-refractivity contribution in [2.45, 2.75) is 36.7 Å². The highest BCUT2D eigenvalue weighted by Crippen LogP contribution is 2.28. The molecule has 0 spiro atoms. The molecule has 1 saturated heterocycles. The first-order valence-corrected chi connectivity index (χ1v) is 13.7. The maximum absolute atomic E-state index is 13.5. The van der Waals surface area contributed by atoms with Gasteiger partial charge in [-0.25, -0.2) is 13.1 Å². The Balaban J connectivity index is 1.25. The second-order valence-corrected chi connectivity index (χ2v) is 11.2. The Labute approximate surface area is 211 Å². The van der Waals surface area contributed by atoms with E-state index in [0.29, 0.717) is 49.6 Å². The minimum absolute atomic E-state index is 0.0423. The van der Waals surface area contributed by atoms with Gasteiger partial charge in [-0.2, -0.15) is 0 Å². The lowest BCUT2D eigenvalue weighted by atomic mass is 9.98. The van der Waals surface area contributed by atoms with Gasteiger partial charge in [0.05, 0.1) is 10.5 Å². The summed E-state index contributed by atoms with van der Waals surface area (Å²) in [7, 11) is -3.61. The van der Waals surface area contributed by atoms with E-state index in [1.165, 1.54) is 23.3 Å². The number of amides is 1. The van der Waals surface area contributed by atoms with Crippen LogP contribution in [0.3, 0.4) is 0 Å². The first-order chi connectivity index (χ1) is 16.9. The summed E-state index contributed by atoms with van der Waals surface area (Å²) >= 11 is 5.89. The highest BCUT2D eigenvalue weighted by atomic mass is 35.5. The molecule has 35 heavy (non-hydrogen) atoms. The van der Waals surface area contributed by atoms with E-state index in [4.69, 9.17) is 11.6 Å². The SMILES string of the molecule is O=C(c1ccccc1N1CCC(NS(=O)(=O)c2ccc(Cl)cc2)CC1)N1CCc2ccccc2C1. The largest absolute Gasteiger partial charge is 0.371 e. The molecule has 6 nitrogen and oxygen atoms in total. The first-order valence-electron chi connectivity index (χ1n) is 11.9. The van der Waals surface area contributed by atoms with Crippen molar-refractivity contribution < 1.29 is 13.2 Å². The van der Waals surface area contributed by atoms with Crippen molar-refractivity contribution in [3.63, 3.8) is 0 Å². The van der Waals surface area contributed by atoms with Crippen molar-refractivity contribution in [3.8, 4) is 0 Å². The number of para-hydroxylation sites is 1. The molecular formula is C27H28ClN3O3S. The van der Waals surface area contributed by atoms with Gasteiger partial charge >= 0.3 is 0 Å². The summed E-state index contributed by atoms with van der Waals surface area (Å²) < 4.78 is 28.3. The lowest BCUT2D eigenvalue weighted by Gasteiger charge is -2.36. The number of halogens is 1. The predicted octanol–water partition coefficient (Wildman–Crippen LogP) is 4.49. The van der Waals surface area contributed by atoms with Gasteiger partial charge in [0.15, 0.2) is 0 Å². The Hall–Kier alpha value is -2.87. The van der Waals surface area contributed by atoms with E-state index in [9.17, 15) is 13.2 Å². The fraction of sp³-hybridized carbons (Fsp3) is 0.296. The summed E-state index contributed by atoms with van der Waals surface area (Å²) in [5.74, 6) is 0.0423. The van der Waals surface area contributed by atoms with Gasteiger partial charge in [0, 0.05) is 42.9 Å². The van der Waals surface area contributed by atoms with E-state index in [1.807, 2.05) is 41.3 Å². The van der Waals surface area contributed by atoms with E-state index >= 15 is 0 Å². The highest BCUT2D eigenvalue weighted by molar-refractivity contribution is 7.89. The van der Waals surface area contributed by atoms with Gasteiger partial charge in [-0.1, -0.05) is 48.0 Å². The molecule has 0 aromatic heterocycles. The van der Waals surface area contributed by atoms with E-state index in [0.717, 1.165) is 12.1 Å². The van der Waals surface area contributed by atoms with E-state index in [1.54, 1.807) is 12.1 Å². The van der Waals surface area contributed by atoms with Crippen molar-refractivity contribution in [1.82, 2.24) is 9.62 Å². The Morgan fingerprint density at radius 1 is 0.857 bits per heavy atom. The highest BCUT2D eigenvalue weighted by Gasteiger charge is 2.28. The number of hydrogen-bond donors (Lipinski definition) is 1. The molecule has 2 aliphatic rings. The molecule has 1 N–H and O–H groups in total. The van der Waals surface area contributed by atoms with E-state index < -0.39 is 10.0 Å². The number of nitrogens with zero attached hydrogens (tertiary/aromatic N) is 2. The van der Waals surface area contributed by atoms with Crippen molar-refractivity contribution in [1.29, 1.82) is 0 Å². The quantitative estimate of drug-likeness (QED) is 0.550. The molecule has 0 saturated carbocycles. The topological polar surface area (TPSA) is 69.7 Å². The fourth-order valence-electron chi connectivity index (χ4n) is 4.91. The number of fused-ring (bicyclic) bond motifs is 1. The zero-order chi connectivity index (χ0) is 24.4.